The summed E-state index contributed by atoms with van der Waals surface area (Å²) in [6.07, 6.45) is 2.10. The molecule has 2 N–H and O–H groups in total. The number of para-hydroxylation sites is 1. The Labute approximate surface area is 265 Å². The standard InChI is InChI=1S/C36H44N4O5/c1-24-19-40(25(2)23-41)36(43)18-27-16-29(37-35(42)17-28-21-39(4)32-9-7-6-8-31(28)32)12-15-33(27)45-34(24)22-38(3)20-26-10-13-30(44-5)14-11-26/h6-16,21,24-25,34,41H,17-20,22-23H2,1-5H3,(H,37,42)/t24-,25+,34+/m1/s1. The number of anilines is 1. The van der Waals surface area contributed by atoms with Crippen LogP contribution in [0.25, 0.3) is 10.9 Å². The lowest BCUT2D eigenvalue weighted by Crippen LogP contribution is -2.47. The Kier molecular flexibility index (Phi) is 10.1. The molecular formula is C36H44N4O5. The van der Waals surface area contributed by atoms with Crippen molar-refractivity contribution in [3.63, 3.8) is 0 Å². The van der Waals surface area contributed by atoms with E-state index in [4.69, 9.17) is 9.47 Å². The molecule has 9 heteroatoms. The zero-order chi connectivity index (χ0) is 32.1. The van der Waals surface area contributed by atoms with Crippen LogP contribution in [0.4, 0.5) is 5.69 Å². The first-order valence-electron chi connectivity index (χ1n) is 15.5. The van der Waals surface area contributed by atoms with Crippen LogP contribution in [-0.2, 0) is 36.0 Å². The zero-order valence-corrected chi connectivity index (χ0v) is 26.8. The molecule has 9 nitrogen and oxygen atoms in total. The highest BCUT2D eigenvalue weighted by Crippen LogP contribution is 2.30. The SMILES string of the molecule is COc1ccc(CN(C)C[C@@H]2Oc3ccc(NC(=O)Cc4cn(C)c5ccccc45)cc3CC(=O)N([C@@H](C)CO)C[C@H]2C)cc1. The maximum Gasteiger partial charge on any atom is 0.228 e. The highest BCUT2D eigenvalue weighted by atomic mass is 16.5. The summed E-state index contributed by atoms with van der Waals surface area (Å²) in [5, 5.41) is 14.1. The van der Waals surface area contributed by atoms with Crippen LogP contribution in [0.2, 0.25) is 0 Å². The summed E-state index contributed by atoms with van der Waals surface area (Å²) in [6, 6.07) is 21.2. The van der Waals surface area contributed by atoms with Crippen LogP contribution in [0.1, 0.15) is 30.5 Å². The van der Waals surface area contributed by atoms with Crippen molar-refractivity contribution < 1.29 is 24.2 Å². The van der Waals surface area contributed by atoms with Gasteiger partial charge < -0.3 is 29.4 Å². The molecule has 4 aromatic rings. The Hall–Kier alpha value is -4.34. The largest absolute Gasteiger partial charge is 0.497 e. The maximum absolute atomic E-state index is 13.6. The van der Waals surface area contributed by atoms with Crippen LogP contribution in [0.3, 0.4) is 0 Å². The van der Waals surface area contributed by atoms with Crippen LogP contribution >= 0.6 is 0 Å². The number of fused-ring (bicyclic) bond motifs is 2. The van der Waals surface area contributed by atoms with E-state index in [1.165, 1.54) is 0 Å². The third kappa shape index (κ3) is 7.67. The van der Waals surface area contributed by atoms with E-state index in [1.807, 2.05) is 79.3 Å². The molecule has 0 unspecified atom stereocenters. The van der Waals surface area contributed by atoms with E-state index >= 15 is 0 Å². The van der Waals surface area contributed by atoms with Gasteiger partial charge in [-0.1, -0.05) is 37.3 Å². The van der Waals surface area contributed by atoms with Crippen molar-refractivity contribution >= 4 is 28.4 Å². The van der Waals surface area contributed by atoms with Crippen molar-refractivity contribution in [3.8, 4) is 11.5 Å². The molecule has 0 fully saturated rings. The Bertz CT molecular complexity index is 1630. The van der Waals surface area contributed by atoms with Crippen LogP contribution < -0.4 is 14.8 Å². The summed E-state index contributed by atoms with van der Waals surface area (Å²) in [7, 11) is 5.69. The maximum atomic E-state index is 13.6. The van der Waals surface area contributed by atoms with E-state index in [-0.39, 0.29) is 49.3 Å². The molecule has 2 amide bonds. The Morgan fingerprint density at radius 2 is 1.91 bits per heavy atom. The summed E-state index contributed by atoms with van der Waals surface area (Å²) >= 11 is 0. The Balaban J connectivity index is 1.36. The van der Waals surface area contributed by atoms with Gasteiger partial charge in [-0.05, 0) is 61.5 Å². The molecule has 0 bridgehead atoms. The first-order valence-corrected chi connectivity index (χ1v) is 15.5. The van der Waals surface area contributed by atoms with E-state index in [0.717, 1.165) is 34.3 Å². The predicted molar refractivity (Wildman–Crippen MR) is 177 cm³/mol. The molecule has 1 aromatic heterocycles. The van der Waals surface area contributed by atoms with Crippen molar-refractivity contribution in [2.24, 2.45) is 13.0 Å². The van der Waals surface area contributed by atoms with Gasteiger partial charge in [0.05, 0.1) is 32.6 Å². The number of benzene rings is 3. The van der Waals surface area contributed by atoms with E-state index < -0.39 is 0 Å². The number of aliphatic hydroxyl groups is 1. The molecule has 0 spiro atoms. The number of hydrogen-bond acceptors (Lipinski definition) is 6. The fraction of sp³-hybridized carbons (Fsp3) is 0.389. The number of methoxy groups -OCH3 is 1. The lowest BCUT2D eigenvalue weighted by Gasteiger charge is -2.34. The lowest BCUT2D eigenvalue weighted by molar-refractivity contribution is -0.134. The molecule has 1 aliphatic heterocycles. The highest BCUT2D eigenvalue weighted by Gasteiger charge is 2.31. The number of carbonyl (C=O) groups is 2. The minimum atomic E-state index is -0.331. The monoisotopic (exact) mass is 612 g/mol. The first-order chi connectivity index (χ1) is 21.6. The summed E-state index contributed by atoms with van der Waals surface area (Å²) in [5.74, 6) is 1.22. The number of nitrogens with one attached hydrogen (secondary N) is 1. The van der Waals surface area contributed by atoms with Gasteiger partial charge in [0.2, 0.25) is 11.8 Å². The molecule has 3 atom stereocenters. The molecule has 0 saturated carbocycles. The van der Waals surface area contributed by atoms with Crippen LogP contribution in [0.15, 0.2) is 72.9 Å². The van der Waals surface area contributed by atoms with Gasteiger partial charge in [0.15, 0.2) is 0 Å². The van der Waals surface area contributed by atoms with E-state index in [1.54, 1.807) is 12.0 Å². The van der Waals surface area contributed by atoms with Crippen molar-refractivity contribution in [2.45, 2.75) is 45.4 Å². The minimum absolute atomic E-state index is 0.00714. The average molecular weight is 613 g/mol. The van der Waals surface area contributed by atoms with Gasteiger partial charge in [0.25, 0.3) is 0 Å². The summed E-state index contributed by atoms with van der Waals surface area (Å²) in [4.78, 5) is 30.7. The van der Waals surface area contributed by atoms with Crippen LogP contribution in [0, 0.1) is 5.92 Å². The number of aromatic nitrogens is 1. The third-order valence-corrected chi connectivity index (χ3v) is 8.63. The number of amides is 2. The number of rotatable bonds is 10. The number of aryl methyl sites for hydroxylation is 1. The lowest BCUT2D eigenvalue weighted by atomic mass is 10.0. The van der Waals surface area contributed by atoms with Crippen molar-refractivity contribution in [2.75, 3.05) is 39.2 Å². The van der Waals surface area contributed by atoms with Crippen molar-refractivity contribution in [1.29, 1.82) is 0 Å². The van der Waals surface area contributed by atoms with Crippen molar-refractivity contribution in [3.05, 3.63) is 89.6 Å². The summed E-state index contributed by atoms with van der Waals surface area (Å²) in [6.45, 7) is 5.64. The van der Waals surface area contributed by atoms with Gasteiger partial charge in [-0.2, -0.15) is 0 Å². The normalized spacial score (nSPS) is 17.7. The number of likely N-dealkylation sites (N-methyl/N-ethyl adjacent to an activating group) is 1. The number of hydrogen-bond donors (Lipinski definition) is 2. The number of carbonyl (C=O) groups excluding carboxylic acids is 2. The summed E-state index contributed by atoms with van der Waals surface area (Å²) in [5.41, 5.74) is 4.50. The highest BCUT2D eigenvalue weighted by molar-refractivity contribution is 5.96. The Morgan fingerprint density at radius 1 is 1.16 bits per heavy atom. The molecule has 5 rings (SSSR count). The molecular weight excluding hydrogens is 568 g/mol. The van der Waals surface area contributed by atoms with Gasteiger partial charge in [-0.25, -0.2) is 0 Å². The second-order valence-electron chi connectivity index (χ2n) is 12.3. The fourth-order valence-corrected chi connectivity index (χ4v) is 6.08. The van der Waals surface area contributed by atoms with Gasteiger partial charge >= 0.3 is 0 Å². The number of aliphatic hydroxyl groups excluding tert-OH is 1. The van der Waals surface area contributed by atoms with Gasteiger partial charge in [-0.15, -0.1) is 0 Å². The third-order valence-electron chi connectivity index (χ3n) is 8.63. The van der Waals surface area contributed by atoms with E-state index in [2.05, 4.69) is 36.3 Å². The first kappa shape index (κ1) is 32.1. The second-order valence-corrected chi connectivity index (χ2v) is 12.3. The average Bonchev–Trinajstić information content (AvgIpc) is 3.36. The molecule has 0 saturated heterocycles. The van der Waals surface area contributed by atoms with E-state index in [9.17, 15) is 14.7 Å². The topological polar surface area (TPSA) is 96.3 Å². The fourth-order valence-electron chi connectivity index (χ4n) is 6.08. The van der Waals surface area contributed by atoms with Crippen molar-refractivity contribution in [1.82, 2.24) is 14.4 Å². The molecule has 238 valence electrons. The van der Waals surface area contributed by atoms with Crippen LogP contribution in [-0.4, -0.2) is 77.3 Å². The van der Waals surface area contributed by atoms with Gasteiger partial charge in [-0.3, -0.25) is 14.5 Å². The molecule has 2 heterocycles. The smallest absolute Gasteiger partial charge is 0.228 e. The number of nitrogens with zero attached hydrogens (tertiary/aromatic N) is 3. The number of ether oxygens (including phenoxy) is 2. The Morgan fingerprint density at radius 3 is 2.64 bits per heavy atom. The predicted octanol–water partition coefficient (Wildman–Crippen LogP) is 4.65. The molecule has 1 aliphatic rings. The second kappa shape index (κ2) is 14.2. The molecule has 0 aliphatic carbocycles. The molecule has 3 aromatic carbocycles. The van der Waals surface area contributed by atoms with Gasteiger partial charge in [0.1, 0.15) is 17.6 Å². The minimum Gasteiger partial charge on any atom is -0.497 e. The van der Waals surface area contributed by atoms with Crippen LogP contribution in [0.5, 0.6) is 11.5 Å². The zero-order valence-electron chi connectivity index (χ0n) is 26.8. The van der Waals surface area contributed by atoms with Gasteiger partial charge in [0, 0.05) is 61.0 Å². The summed E-state index contributed by atoms with van der Waals surface area (Å²) < 4.78 is 14.0. The van der Waals surface area contributed by atoms with E-state index in [0.29, 0.717) is 30.1 Å². The quantitative estimate of drug-likeness (QED) is 0.271. The molecule has 45 heavy (non-hydrogen) atoms. The molecule has 0 radical (unpaired) electrons.